The highest BCUT2D eigenvalue weighted by atomic mass is 16.5. The van der Waals surface area contributed by atoms with E-state index in [2.05, 4.69) is 15.0 Å². The molecular weight excluding hydrogens is 232 g/mol. The molecule has 0 bridgehead atoms. The molecule has 2 N–H and O–H groups in total. The van der Waals surface area contributed by atoms with E-state index in [4.69, 9.17) is 15.0 Å². The molecule has 18 heavy (non-hydrogen) atoms. The minimum atomic E-state index is -0.407. The number of aromatic nitrogens is 2. The van der Waals surface area contributed by atoms with Crippen molar-refractivity contribution in [2.24, 2.45) is 5.73 Å². The van der Waals surface area contributed by atoms with Crippen LogP contribution in [0.4, 0.5) is 5.95 Å². The number of rotatable bonds is 2. The van der Waals surface area contributed by atoms with E-state index >= 15 is 0 Å². The first-order valence-electron chi connectivity index (χ1n) is 6.74. The van der Waals surface area contributed by atoms with Crippen molar-refractivity contribution in [1.29, 1.82) is 0 Å². The van der Waals surface area contributed by atoms with Gasteiger partial charge in [0.15, 0.2) is 0 Å². The van der Waals surface area contributed by atoms with Crippen molar-refractivity contribution in [1.82, 2.24) is 10.1 Å². The highest BCUT2D eigenvalue weighted by Crippen LogP contribution is 2.34. The molecular formula is C12H20N4O2. The molecule has 0 radical (unpaired) electrons. The average Bonchev–Trinajstić information content (AvgIpc) is 2.91. The zero-order chi connectivity index (χ0) is 12.4. The maximum absolute atomic E-state index is 6.38. The Morgan fingerprint density at radius 1 is 1.11 bits per heavy atom. The number of anilines is 1. The number of morpholine rings is 1. The van der Waals surface area contributed by atoms with Gasteiger partial charge in [-0.3, -0.25) is 0 Å². The van der Waals surface area contributed by atoms with Gasteiger partial charge in [0.25, 0.3) is 5.95 Å². The Hall–Kier alpha value is -1.14. The Morgan fingerprint density at radius 3 is 2.56 bits per heavy atom. The van der Waals surface area contributed by atoms with Crippen molar-refractivity contribution in [3.63, 3.8) is 0 Å². The first-order valence-corrected chi connectivity index (χ1v) is 6.74. The Morgan fingerprint density at radius 2 is 1.83 bits per heavy atom. The molecule has 0 spiro atoms. The first kappa shape index (κ1) is 11.9. The molecule has 2 fully saturated rings. The molecule has 1 aromatic heterocycles. The summed E-state index contributed by atoms with van der Waals surface area (Å²) in [6.45, 7) is 3.07. The third kappa shape index (κ3) is 2.22. The number of hydrogen-bond acceptors (Lipinski definition) is 6. The molecule has 1 saturated carbocycles. The molecule has 6 heteroatoms. The molecule has 0 atom stereocenters. The second kappa shape index (κ2) is 4.85. The fraction of sp³-hybridized carbons (Fsp3) is 0.833. The number of nitrogens with two attached hydrogens (primary N) is 1. The molecule has 2 heterocycles. The Balaban J connectivity index is 1.75. The van der Waals surface area contributed by atoms with Gasteiger partial charge in [-0.15, -0.1) is 0 Å². The lowest BCUT2D eigenvalue weighted by molar-refractivity contribution is 0.121. The zero-order valence-electron chi connectivity index (χ0n) is 10.6. The van der Waals surface area contributed by atoms with E-state index in [-0.39, 0.29) is 0 Å². The van der Waals surface area contributed by atoms with Crippen molar-refractivity contribution in [2.45, 2.75) is 37.6 Å². The van der Waals surface area contributed by atoms with Crippen LogP contribution >= 0.6 is 0 Å². The van der Waals surface area contributed by atoms with Crippen LogP contribution < -0.4 is 10.6 Å². The van der Waals surface area contributed by atoms with E-state index in [9.17, 15) is 0 Å². The topological polar surface area (TPSA) is 77.4 Å². The molecule has 1 aromatic rings. The van der Waals surface area contributed by atoms with E-state index in [1.54, 1.807) is 0 Å². The van der Waals surface area contributed by atoms with Crippen LogP contribution in [0.5, 0.6) is 0 Å². The van der Waals surface area contributed by atoms with Gasteiger partial charge in [-0.05, 0) is 18.0 Å². The second-order valence-corrected chi connectivity index (χ2v) is 5.22. The summed E-state index contributed by atoms with van der Waals surface area (Å²) in [6.07, 6.45) is 5.43. The standard InChI is InChI=1S/C12H20N4O2/c13-12(4-2-1-3-5-12)10-14-11(15-18-10)16-6-8-17-9-7-16/h1-9,13H2. The van der Waals surface area contributed by atoms with Crippen LogP contribution in [0.25, 0.3) is 0 Å². The fourth-order valence-electron chi connectivity index (χ4n) is 2.71. The number of hydrogen-bond donors (Lipinski definition) is 1. The number of nitrogens with zero attached hydrogens (tertiary/aromatic N) is 3. The van der Waals surface area contributed by atoms with E-state index < -0.39 is 5.54 Å². The van der Waals surface area contributed by atoms with Crippen molar-refractivity contribution < 1.29 is 9.26 Å². The molecule has 6 nitrogen and oxygen atoms in total. The molecule has 1 saturated heterocycles. The van der Waals surface area contributed by atoms with Crippen molar-refractivity contribution >= 4 is 5.95 Å². The van der Waals surface area contributed by atoms with Gasteiger partial charge in [0.1, 0.15) is 0 Å². The molecule has 1 aliphatic heterocycles. The van der Waals surface area contributed by atoms with Crippen LogP contribution in [0.1, 0.15) is 38.0 Å². The third-order valence-corrected chi connectivity index (χ3v) is 3.88. The lowest BCUT2D eigenvalue weighted by Gasteiger charge is -2.29. The minimum absolute atomic E-state index is 0.407. The summed E-state index contributed by atoms with van der Waals surface area (Å²) < 4.78 is 10.7. The van der Waals surface area contributed by atoms with Gasteiger partial charge in [-0.2, -0.15) is 4.98 Å². The van der Waals surface area contributed by atoms with Crippen LogP contribution in [-0.2, 0) is 10.3 Å². The Bertz CT molecular complexity index is 395. The van der Waals surface area contributed by atoms with Crippen molar-refractivity contribution in [3.8, 4) is 0 Å². The molecule has 0 aromatic carbocycles. The van der Waals surface area contributed by atoms with Gasteiger partial charge in [-0.1, -0.05) is 19.3 Å². The number of ether oxygens (including phenoxy) is 1. The minimum Gasteiger partial charge on any atom is -0.378 e. The van der Waals surface area contributed by atoms with E-state index in [1.165, 1.54) is 6.42 Å². The van der Waals surface area contributed by atoms with E-state index in [1.807, 2.05) is 0 Å². The molecule has 0 amide bonds. The van der Waals surface area contributed by atoms with Crippen LogP contribution in [0, 0.1) is 0 Å². The monoisotopic (exact) mass is 252 g/mol. The normalized spacial score (nSPS) is 24.2. The molecule has 100 valence electrons. The summed E-state index contributed by atoms with van der Waals surface area (Å²) in [4.78, 5) is 6.58. The molecule has 3 rings (SSSR count). The summed E-state index contributed by atoms with van der Waals surface area (Å²) in [5, 5.41) is 4.06. The quantitative estimate of drug-likeness (QED) is 0.847. The van der Waals surface area contributed by atoms with Crippen molar-refractivity contribution in [2.75, 3.05) is 31.2 Å². The largest absolute Gasteiger partial charge is 0.378 e. The van der Waals surface area contributed by atoms with Gasteiger partial charge in [0, 0.05) is 13.1 Å². The maximum Gasteiger partial charge on any atom is 0.266 e. The summed E-state index contributed by atoms with van der Waals surface area (Å²) >= 11 is 0. The SMILES string of the molecule is NC1(c2nc(N3CCOCC3)no2)CCCCC1. The first-order chi connectivity index (χ1) is 8.78. The third-order valence-electron chi connectivity index (χ3n) is 3.88. The molecule has 2 aliphatic rings. The zero-order valence-corrected chi connectivity index (χ0v) is 10.6. The second-order valence-electron chi connectivity index (χ2n) is 5.22. The van der Waals surface area contributed by atoms with Crippen molar-refractivity contribution in [3.05, 3.63) is 5.89 Å². The fourth-order valence-corrected chi connectivity index (χ4v) is 2.71. The average molecular weight is 252 g/mol. The predicted molar refractivity (Wildman–Crippen MR) is 66.3 cm³/mol. The smallest absolute Gasteiger partial charge is 0.266 e. The highest BCUT2D eigenvalue weighted by molar-refractivity contribution is 5.29. The van der Waals surface area contributed by atoms with Crippen LogP contribution in [0.15, 0.2) is 4.52 Å². The predicted octanol–water partition coefficient (Wildman–Crippen LogP) is 1.02. The summed E-state index contributed by atoms with van der Waals surface area (Å²) in [6, 6.07) is 0. The van der Waals surface area contributed by atoms with Gasteiger partial charge in [0.05, 0.1) is 18.8 Å². The van der Waals surface area contributed by atoms with Gasteiger partial charge < -0.3 is 19.9 Å². The lowest BCUT2D eigenvalue weighted by atomic mass is 9.82. The van der Waals surface area contributed by atoms with E-state index in [0.29, 0.717) is 11.8 Å². The van der Waals surface area contributed by atoms with Gasteiger partial charge >= 0.3 is 0 Å². The van der Waals surface area contributed by atoms with Crippen LogP contribution in [0.2, 0.25) is 0 Å². The lowest BCUT2D eigenvalue weighted by Crippen LogP contribution is -2.39. The van der Waals surface area contributed by atoms with Gasteiger partial charge in [-0.25, -0.2) is 0 Å². The van der Waals surface area contributed by atoms with Crippen LogP contribution in [0.3, 0.4) is 0 Å². The Labute approximate surface area is 106 Å². The summed E-state index contributed by atoms with van der Waals surface area (Å²) in [5.74, 6) is 1.26. The summed E-state index contributed by atoms with van der Waals surface area (Å²) in [5.41, 5.74) is 5.98. The van der Waals surface area contributed by atoms with Crippen LogP contribution in [-0.4, -0.2) is 36.4 Å². The molecule has 1 aliphatic carbocycles. The molecule has 0 unspecified atom stereocenters. The Kier molecular flexibility index (Phi) is 3.22. The van der Waals surface area contributed by atoms with Gasteiger partial charge in [0.2, 0.25) is 5.89 Å². The van der Waals surface area contributed by atoms with E-state index in [0.717, 1.165) is 52.0 Å². The summed E-state index contributed by atoms with van der Waals surface area (Å²) in [7, 11) is 0. The highest BCUT2D eigenvalue weighted by Gasteiger charge is 2.35. The maximum atomic E-state index is 6.38.